The van der Waals surface area contributed by atoms with Crippen molar-refractivity contribution in [2.75, 3.05) is 0 Å². The van der Waals surface area contributed by atoms with Gasteiger partial charge in [0.2, 0.25) is 0 Å². The van der Waals surface area contributed by atoms with E-state index in [1.165, 1.54) is 6.42 Å². The molecule has 0 aromatic rings. The molecule has 0 aliphatic heterocycles. The minimum absolute atomic E-state index is 0.316. The number of allylic oxidation sites excluding steroid dienone is 2. The molecular weight excluding hydrogens is 176 g/mol. The third kappa shape index (κ3) is 7.59. The van der Waals surface area contributed by atoms with Gasteiger partial charge in [0.25, 0.3) is 6.47 Å². The standard InChI is InChI=1S/C12H19O2/c1-4-7-11(2)8-5-6-9-12(3)14-10-13/h3-4,10-11H,1,5-9H2,2H3/t11-/m0/s1. The lowest BCUT2D eigenvalue weighted by molar-refractivity contribution is -0.125. The van der Waals surface area contributed by atoms with Crippen molar-refractivity contribution in [3.8, 4) is 0 Å². The molecule has 2 nitrogen and oxygen atoms in total. The predicted molar refractivity (Wildman–Crippen MR) is 57.4 cm³/mol. The maximum absolute atomic E-state index is 9.91. The van der Waals surface area contributed by atoms with E-state index in [1.807, 2.05) is 6.08 Å². The van der Waals surface area contributed by atoms with Gasteiger partial charge in [-0.3, -0.25) is 4.79 Å². The highest BCUT2D eigenvalue weighted by Crippen LogP contribution is 2.14. The average Bonchev–Trinajstić information content (AvgIpc) is 2.13. The molecule has 1 radical (unpaired) electrons. The molecule has 0 saturated heterocycles. The number of ether oxygens (including phenoxy) is 1. The van der Waals surface area contributed by atoms with Crippen LogP contribution in [0.2, 0.25) is 0 Å². The van der Waals surface area contributed by atoms with Crippen molar-refractivity contribution in [1.82, 2.24) is 0 Å². The molecule has 0 rings (SSSR count). The van der Waals surface area contributed by atoms with Crippen LogP contribution >= 0.6 is 0 Å². The lowest BCUT2D eigenvalue weighted by atomic mass is 10.00. The van der Waals surface area contributed by atoms with Gasteiger partial charge in [0.1, 0.15) is 5.76 Å². The Balaban J connectivity index is 3.32. The maximum Gasteiger partial charge on any atom is 0.298 e. The first-order valence-electron chi connectivity index (χ1n) is 5.03. The molecule has 0 N–H and O–H groups in total. The van der Waals surface area contributed by atoms with Crippen LogP contribution in [0, 0.1) is 12.5 Å². The van der Waals surface area contributed by atoms with Crippen LogP contribution in [0.1, 0.15) is 39.0 Å². The molecule has 1 atom stereocenters. The van der Waals surface area contributed by atoms with E-state index in [2.05, 4.69) is 18.2 Å². The third-order valence-electron chi connectivity index (χ3n) is 2.14. The highest BCUT2D eigenvalue weighted by atomic mass is 16.5. The van der Waals surface area contributed by atoms with E-state index in [1.54, 1.807) is 0 Å². The van der Waals surface area contributed by atoms with Crippen LogP contribution in [0.5, 0.6) is 0 Å². The van der Waals surface area contributed by atoms with Crippen LogP contribution in [-0.4, -0.2) is 6.47 Å². The normalized spacial score (nSPS) is 11.8. The highest BCUT2D eigenvalue weighted by molar-refractivity contribution is 5.39. The van der Waals surface area contributed by atoms with Crippen LogP contribution in [0.3, 0.4) is 0 Å². The van der Waals surface area contributed by atoms with Gasteiger partial charge < -0.3 is 4.74 Å². The summed E-state index contributed by atoms with van der Waals surface area (Å²) in [4.78, 5) is 9.91. The van der Waals surface area contributed by atoms with E-state index in [4.69, 9.17) is 6.58 Å². The van der Waals surface area contributed by atoms with Crippen molar-refractivity contribution in [3.05, 3.63) is 25.0 Å². The van der Waals surface area contributed by atoms with Crippen LogP contribution in [0.4, 0.5) is 0 Å². The van der Waals surface area contributed by atoms with E-state index in [0.29, 0.717) is 24.6 Å². The number of hydrogen-bond donors (Lipinski definition) is 0. The quantitative estimate of drug-likeness (QED) is 0.244. The number of carbonyl (C=O) groups is 1. The second-order valence-corrected chi connectivity index (χ2v) is 3.56. The van der Waals surface area contributed by atoms with E-state index in [9.17, 15) is 4.79 Å². The molecule has 79 valence electrons. The lowest BCUT2D eigenvalue weighted by Gasteiger charge is -2.07. The van der Waals surface area contributed by atoms with Crippen LogP contribution in [0.25, 0.3) is 0 Å². The molecule has 0 heterocycles. The second kappa shape index (κ2) is 8.54. The van der Waals surface area contributed by atoms with Crippen LogP contribution in [0.15, 0.2) is 18.4 Å². The van der Waals surface area contributed by atoms with E-state index >= 15 is 0 Å². The molecule has 14 heavy (non-hydrogen) atoms. The van der Waals surface area contributed by atoms with E-state index < -0.39 is 0 Å². The van der Waals surface area contributed by atoms with Crippen molar-refractivity contribution in [2.45, 2.75) is 39.0 Å². The molecule has 0 fully saturated rings. The van der Waals surface area contributed by atoms with Gasteiger partial charge >= 0.3 is 0 Å². The first kappa shape index (κ1) is 12.9. The maximum atomic E-state index is 9.91. The Morgan fingerprint density at radius 1 is 1.57 bits per heavy atom. The largest absolute Gasteiger partial charge is 0.433 e. The number of rotatable bonds is 9. The molecule has 0 aliphatic carbocycles. The minimum atomic E-state index is 0.316. The first-order valence-corrected chi connectivity index (χ1v) is 5.03. The Morgan fingerprint density at radius 3 is 2.86 bits per heavy atom. The zero-order valence-corrected chi connectivity index (χ0v) is 8.87. The van der Waals surface area contributed by atoms with E-state index in [0.717, 1.165) is 19.3 Å². The van der Waals surface area contributed by atoms with Crippen molar-refractivity contribution in [1.29, 1.82) is 0 Å². The molecule has 0 aromatic heterocycles. The fourth-order valence-corrected chi connectivity index (χ4v) is 1.32. The van der Waals surface area contributed by atoms with Gasteiger partial charge in [0.05, 0.1) is 0 Å². The van der Waals surface area contributed by atoms with Crippen molar-refractivity contribution in [2.24, 2.45) is 5.92 Å². The summed E-state index contributed by atoms with van der Waals surface area (Å²) in [5.41, 5.74) is 0. The van der Waals surface area contributed by atoms with Crippen LogP contribution < -0.4 is 0 Å². The summed E-state index contributed by atoms with van der Waals surface area (Å²) >= 11 is 0. The molecule has 0 amide bonds. The fourth-order valence-electron chi connectivity index (χ4n) is 1.32. The predicted octanol–water partition coefficient (Wildman–Crippen LogP) is 3.25. The molecule has 0 aromatic carbocycles. The number of carbonyl (C=O) groups excluding carboxylic acids is 1. The molecule has 0 aliphatic rings. The Kier molecular flexibility index (Phi) is 7.90. The first-order chi connectivity index (χ1) is 6.70. The lowest BCUT2D eigenvalue weighted by Crippen LogP contribution is -1.94. The summed E-state index contributed by atoms with van der Waals surface area (Å²) in [6.07, 6.45) is 6.92. The number of hydrogen-bond acceptors (Lipinski definition) is 2. The number of unbranched alkanes of at least 4 members (excludes halogenated alkanes) is 1. The molecule has 0 saturated carbocycles. The summed E-state index contributed by atoms with van der Waals surface area (Å²) in [5.74, 6) is 0.997. The van der Waals surface area contributed by atoms with Gasteiger partial charge in [-0.1, -0.05) is 25.8 Å². The van der Waals surface area contributed by atoms with Gasteiger partial charge in [0.15, 0.2) is 0 Å². The summed E-state index contributed by atoms with van der Waals surface area (Å²) in [5, 5.41) is 0. The summed E-state index contributed by atoms with van der Waals surface area (Å²) in [7, 11) is 0. The van der Waals surface area contributed by atoms with Gasteiger partial charge in [-0.25, -0.2) is 0 Å². The van der Waals surface area contributed by atoms with Gasteiger partial charge in [0, 0.05) is 6.42 Å². The minimum Gasteiger partial charge on any atom is -0.433 e. The Labute approximate surface area is 86.6 Å². The Bertz CT molecular complexity index is 185. The SMILES string of the molecule is [CH]=C(CCCC[C@@H](C)CC=C)OC=O. The highest BCUT2D eigenvalue weighted by Gasteiger charge is 2.00. The fraction of sp³-hybridized carbons (Fsp3) is 0.583. The van der Waals surface area contributed by atoms with E-state index in [-0.39, 0.29) is 0 Å². The summed E-state index contributed by atoms with van der Waals surface area (Å²) in [6.45, 7) is 11.7. The van der Waals surface area contributed by atoms with Gasteiger partial charge in [-0.05, 0) is 25.3 Å². The average molecular weight is 195 g/mol. The van der Waals surface area contributed by atoms with Crippen LogP contribution in [-0.2, 0) is 9.53 Å². The third-order valence-corrected chi connectivity index (χ3v) is 2.14. The zero-order chi connectivity index (χ0) is 10.8. The molecular formula is C12H19O2. The zero-order valence-electron chi connectivity index (χ0n) is 8.87. The second-order valence-electron chi connectivity index (χ2n) is 3.56. The summed E-state index contributed by atoms with van der Waals surface area (Å²) in [6, 6.07) is 0. The smallest absolute Gasteiger partial charge is 0.298 e. The summed E-state index contributed by atoms with van der Waals surface area (Å²) < 4.78 is 4.49. The topological polar surface area (TPSA) is 26.3 Å². The van der Waals surface area contributed by atoms with Gasteiger partial charge in [-0.15, -0.1) is 6.58 Å². The van der Waals surface area contributed by atoms with Crippen molar-refractivity contribution < 1.29 is 9.53 Å². The molecule has 0 bridgehead atoms. The molecule has 0 spiro atoms. The Hall–Kier alpha value is -1.05. The van der Waals surface area contributed by atoms with Crippen molar-refractivity contribution >= 4 is 6.47 Å². The van der Waals surface area contributed by atoms with Crippen molar-refractivity contribution in [3.63, 3.8) is 0 Å². The molecule has 2 heteroatoms. The van der Waals surface area contributed by atoms with Gasteiger partial charge in [-0.2, -0.15) is 0 Å². The monoisotopic (exact) mass is 195 g/mol. The Morgan fingerprint density at radius 2 is 2.29 bits per heavy atom. The molecule has 0 unspecified atom stereocenters.